The molecule has 0 saturated carbocycles. The average molecular weight is 438 g/mol. The van der Waals surface area contributed by atoms with Gasteiger partial charge in [-0.2, -0.15) is 5.10 Å². The van der Waals surface area contributed by atoms with Gasteiger partial charge >= 0.3 is 5.97 Å². The van der Waals surface area contributed by atoms with Crippen LogP contribution in [0.4, 0.5) is 0 Å². The fourth-order valence-corrected chi connectivity index (χ4v) is 2.65. The number of esters is 1. The van der Waals surface area contributed by atoms with Crippen molar-refractivity contribution in [2.45, 2.75) is 13.5 Å². The Morgan fingerprint density at radius 2 is 1.84 bits per heavy atom. The number of aromatic hydroxyl groups is 1. The van der Waals surface area contributed by atoms with Gasteiger partial charge in [-0.15, -0.1) is 0 Å². The van der Waals surface area contributed by atoms with E-state index in [0.29, 0.717) is 35.0 Å². The maximum atomic E-state index is 12.1. The van der Waals surface area contributed by atoms with Gasteiger partial charge in [0.25, 0.3) is 5.91 Å². The summed E-state index contributed by atoms with van der Waals surface area (Å²) in [7, 11) is 1.28. The maximum Gasteiger partial charge on any atom is 0.373 e. The van der Waals surface area contributed by atoms with Crippen molar-refractivity contribution in [3.63, 3.8) is 0 Å². The van der Waals surface area contributed by atoms with Gasteiger partial charge in [0.15, 0.2) is 11.5 Å². The summed E-state index contributed by atoms with van der Waals surface area (Å²) in [6, 6.07) is 14.1. The average Bonchev–Trinajstić information content (AvgIpc) is 3.27. The number of phenolic OH excluding ortho intramolecular Hbond substituents is 1. The Labute approximate surface area is 184 Å². The van der Waals surface area contributed by atoms with Crippen LogP contribution in [0.3, 0.4) is 0 Å². The van der Waals surface area contributed by atoms with Crippen LogP contribution in [-0.2, 0) is 11.3 Å². The largest absolute Gasteiger partial charge is 0.508 e. The standard InChI is InChI=1S/C23H22N2O7/c1-3-30-21-12-15(13-24-25-22(27)16-5-7-17(26)8-6-16)4-10-19(21)31-14-18-9-11-20(32-18)23(28)29-2/h4-13,26H,3,14H2,1-2H3,(H,25,27)/b24-13+. The van der Waals surface area contributed by atoms with Crippen LogP contribution in [0.15, 0.2) is 64.1 Å². The van der Waals surface area contributed by atoms with Gasteiger partial charge in [0.2, 0.25) is 5.76 Å². The number of ether oxygens (including phenoxy) is 3. The summed E-state index contributed by atoms with van der Waals surface area (Å²) in [6.45, 7) is 2.35. The van der Waals surface area contributed by atoms with Gasteiger partial charge < -0.3 is 23.7 Å². The van der Waals surface area contributed by atoms with E-state index in [-0.39, 0.29) is 18.1 Å². The van der Waals surface area contributed by atoms with Crippen molar-refractivity contribution >= 4 is 18.1 Å². The van der Waals surface area contributed by atoms with Crippen LogP contribution in [0.1, 0.15) is 39.2 Å². The van der Waals surface area contributed by atoms with E-state index in [0.717, 1.165) is 0 Å². The molecule has 32 heavy (non-hydrogen) atoms. The van der Waals surface area contributed by atoms with E-state index in [2.05, 4.69) is 15.3 Å². The summed E-state index contributed by atoms with van der Waals surface area (Å²) in [5.74, 6) is 0.622. The zero-order chi connectivity index (χ0) is 22.9. The fraction of sp³-hybridized carbons (Fsp3) is 0.174. The highest BCUT2D eigenvalue weighted by atomic mass is 16.5. The smallest absolute Gasteiger partial charge is 0.373 e. The van der Waals surface area contributed by atoms with Gasteiger partial charge in [0, 0.05) is 5.56 Å². The van der Waals surface area contributed by atoms with Crippen molar-refractivity contribution in [2.75, 3.05) is 13.7 Å². The molecule has 9 heteroatoms. The number of rotatable bonds is 9. The lowest BCUT2D eigenvalue weighted by Gasteiger charge is -2.11. The second-order valence-corrected chi connectivity index (χ2v) is 6.43. The molecule has 0 fully saturated rings. The van der Waals surface area contributed by atoms with Crippen molar-refractivity contribution in [2.24, 2.45) is 5.10 Å². The number of benzene rings is 2. The van der Waals surface area contributed by atoms with Gasteiger partial charge in [-0.1, -0.05) is 0 Å². The Kier molecular flexibility index (Phi) is 7.47. The molecule has 0 aliphatic heterocycles. The van der Waals surface area contributed by atoms with E-state index in [1.165, 1.54) is 43.7 Å². The van der Waals surface area contributed by atoms with Crippen LogP contribution in [0, 0.1) is 0 Å². The Balaban J connectivity index is 1.63. The van der Waals surface area contributed by atoms with Gasteiger partial charge in [-0.05, 0) is 67.1 Å². The quantitative estimate of drug-likeness (QED) is 0.298. The molecule has 0 saturated heterocycles. The van der Waals surface area contributed by atoms with E-state index >= 15 is 0 Å². The van der Waals surface area contributed by atoms with Crippen LogP contribution in [0.25, 0.3) is 0 Å². The third kappa shape index (κ3) is 5.88. The predicted molar refractivity (Wildman–Crippen MR) is 115 cm³/mol. The van der Waals surface area contributed by atoms with E-state index in [1.54, 1.807) is 24.3 Å². The number of furan rings is 1. The lowest BCUT2D eigenvalue weighted by Crippen LogP contribution is -2.17. The summed E-state index contributed by atoms with van der Waals surface area (Å²) in [5.41, 5.74) is 3.47. The highest BCUT2D eigenvalue weighted by Crippen LogP contribution is 2.29. The Morgan fingerprint density at radius 3 is 2.56 bits per heavy atom. The van der Waals surface area contributed by atoms with Crippen molar-refractivity contribution in [3.8, 4) is 17.2 Å². The Bertz CT molecular complexity index is 1100. The number of hydrogen-bond acceptors (Lipinski definition) is 8. The van der Waals surface area contributed by atoms with Crippen molar-refractivity contribution in [3.05, 3.63) is 77.2 Å². The summed E-state index contributed by atoms with van der Waals surface area (Å²) in [4.78, 5) is 23.5. The first-order chi connectivity index (χ1) is 15.5. The van der Waals surface area contributed by atoms with Gasteiger partial charge in [0.05, 0.1) is 19.9 Å². The second-order valence-electron chi connectivity index (χ2n) is 6.43. The molecule has 9 nitrogen and oxygen atoms in total. The monoisotopic (exact) mass is 438 g/mol. The number of hydrogen-bond donors (Lipinski definition) is 2. The summed E-state index contributed by atoms with van der Waals surface area (Å²) in [5, 5.41) is 13.2. The topological polar surface area (TPSA) is 120 Å². The molecule has 0 aliphatic carbocycles. The summed E-state index contributed by atoms with van der Waals surface area (Å²) < 4.78 is 21.4. The summed E-state index contributed by atoms with van der Waals surface area (Å²) in [6.07, 6.45) is 1.47. The van der Waals surface area contributed by atoms with Crippen molar-refractivity contribution in [1.82, 2.24) is 5.43 Å². The number of phenols is 1. The van der Waals surface area contributed by atoms with Crippen LogP contribution in [0.2, 0.25) is 0 Å². The van der Waals surface area contributed by atoms with Crippen molar-refractivity contribution in [1.29, 1.82) is 0 Å². The molecule has 0 aliphatic rings. The molecule has 3 rings (SSSR count). The van der Waals surface area contributed by atoms with E-state index in [9.17, 15) is 14.7 Å². The first kappa shape index (κ1) is 22.4. The predicted octanol–water partition coefficient (Wildman–Crippen LogP) is 3.51. The molecule has 0 atom stereocenters. The fourth-order valence-electron chi connectivity index (χ4n) is 2.65. The highest BCUT2D eigenvalue weighted by molar-refractivity contribution is 5.95. The molecule has 3 aromatic rings. The van der Waals surface area contributed by atoms with Crippen LogP contribution in [-0.4, -0.2) is 36.9 Å². The van der Waals surface area contributed by atoms with E-state index < -0.39 is 11.9 Å². The number of hydrazone groups is 1. The van der Waals surface area contributed by atoms with Gasteiger partial charge in [-0.3, -0.25) is 4.79 Å². The number of nitrogens with zero attached hydrogens (tertiary/aromatic N) is 1. The lowest BCUT2D eigenvalue weighted by molar-refractivity contribution is 0.0560. The first-order valence-electron chi connectivity index (χ1n) is 9.69. The minimum Gasteiger partial charge on any atom is -0.508 e. The number of carbonyl (C=O) groups is 2. The van der Waals surface area contributed by atoms with Crippen molar-refractivity contribution < 1.29 is 33.3 Å². The van der Waals surface area contributed by atoms with Gasteiger partial charge in [0.1, 0.15) is 18.1 Å². The third-order valence-corrected chi connectivity index (χ3v) is 4.19. The normalized spacial score (nSPS) is 10.7. The molecule has 1 aromatic heterocycles. The molecule has 0 spiro atoms. The molecule has 166 valence electrons. The Morgan fingerprint density at radius 1 is 1.06 bits per heavy atom. The molecular weight excluding hydrogens is 416 g/mol. The molecule has 0 radical (unpaired) electrons. The number of nitrogens with one attached hydrogen (secondary N) is 1. The summed E-state index contributed by atoms with van der Waals surface area (Å²) >= 11 is 0. The second kappa shape index (κ2) is 10.7. The minimum absolute atomic E-state index is 0.0757. The molecule has 2 N–H and O–H groups in total. The van der Waals surface area contributed by atoms with Crippen LogP contribution in [0.5, 0.6) is 17.2 Å². The minimum atomic E-state index is -0.563. The molecule has 2 aromatic carbocycles. The van der Waals surface area contributed by atoms with Crippen LogP contribution < -0.4 is 14.9 Å². The SMILES string of the molecule is CCOc1cc(/C=N/NC(=O)c2ccc(O)cc2)ccc1OCc1ccc(C(=O)OC)o1. The molecule has 1 amide bonds. The molecular formula is C23H22N2O7. The van der Waals surface area contributed by atoms with E-state index in [4.69, 9.17) is 13.9 Å². The zero-order valence-electron chi connectivity index (χ0n) is 17.5. The maximum absolute atomic E-state index is 12.1. The number of methoxy groups -OCH3 is 1. The highest BCUT2D eigenvalue weighted by Gasteiger charge is 2.13. The van der Waals surface area contributed by atoms with Crippen LogP contribution >= 0.6 is 0 Å². The number of carbonyl (C=O) groups excluding carboxylic acids is 2. The van der Waals surface area contributed by atoms with Gasteiger partial charge in [-0.25, -0.2) is 10.2 Å². The third-order valence-electron chi connectivity index (χ3n) is 4.19. The molecule has 0 unspecified atom stereocenters. The first-order valence-corrected chi connectivity index (χ1v) is 9.69. The number of amides is 1. The molecule has 1 heterocycles. The Hall–Kier alpha value is -4.27. The lowest BCUT2D eigenvalue weighted by atomic mass is 10.2. The van der Waals surface area contributed by atoms with E-state index in [1.807, 2.05) is 6.92 Å². The molecule has 0 bridgehead atoms. The zero-order valence-corrected chi connectivity index (χ0v) is 17.5.